The number of nitrogens with zero attached hydrogens (tertiary/aromatic N) is 2. The number of benzene rings is 1. The van der Waals surface area contributed by atoms with Crippen LogP contribution in [0.15, 0.2) is 18.2 Å². The molecule has 2 N–H and O–H groups in total. The maximum Gasteiger partial charge on any atom is 0.445 e. The average Bonchev–Trinajstić information content (AvgIpc) is 2.71. The van der Waals surface area contributed by atoms with Gasteiger partial charge in [0.05, 0.1) is 0 Å². The van der Waals surface area contributed by atoms with Crippen molar-refractivity contribution in [3.8, 4) is 10.9 Å². The van der Waals surface area contributed by atoms with Crippen molar-refractivity contribution in [2.45, 2.75) is 13.1 Å². The van der Waals surface area contributed by atoms with Gasteiger partial charge < -0.3 is 10.5 Å². The summed E-state index contributed by atoms with van der Waals surface area (Å²) in [4.78, 5) is 0. The number of hydrogen-bond acceptors (Lipinski definition) is 5. The van der Waals surface area contributed by atoms with E-state index in [0.717, 1.165) is 5.56 Å². The van der Waals surface area contributed by atoms with E-state index in [0.29, 0.717) is 22.8 Å². The van der Waals surface area contributed by atoms with Gasteiger partial charge in [0.15, 0.2) is 0 Å². The van der Waals surface area contributed by atoms with E-state index in [9.17, 15) is 13.2 Å². The second kappa shape index (κ2) is 4.45. The van der Waals surface area contributed by atoms with Crippen molar-refractivity contribution in [3.63, 3.8) is 0 Å². The molecular weight excluding hydrogens is 267 g/mol. The minimum absolute atomic E-state index is 0.170. The zero-order chi connectivity index (χ0) is 13.3. The quantitative estimate of drug-likeness (QED) is 0.855. The molecule has 0 amide bonds. The minimum Gasteiger partial charge on any atom is -0.429 e. The SMILES string of the molecule is Cc1ccc(N)cc1Oc1nnc(C(F)(F)F)s1. The topological polar surface area (TPSA) is 61.0 Å². The van der Waals surface area contributed by atoms with E-state index in [1.54, 1.807) is 19.1 Å². The zero-order valence-electron chi connectivity index (χ0n) is 9.15. The Morgan fingerprint density at radius 3 is 2.61 bits per heavy atom. The summed E-state index contributed by atoms with van der Waals surface area (Å²) in [6.07, 6.45) is -4.51. The maximum atomic E-state index is 12.3. The van der Waals surface area contributed by atoms with Crippen LogP contribution in [0.5, 0.6) is 10.9 Å². The van der Waals surface area contributed by atoms with Gasteiger partial charge in [0.2, 0.25) is 5.01 Å². The minimum atomic E-state index is -4.51. The fraction of sp³-hybridized carbons (Fsp3) is 0.200. The van der Waals surface area contributed by atoms with E-state index < -0.39 is 11.2 Å². The van der Waals surface area contributed by atoms with Crippen molar-refractivity contribution < 1.29 is 17.9 Å². The Labute approximate surface area is 104 Å². The number of nitrogens with two attached hydrogens (primary N) is 1. The van der Waals surface area contributed by atoms with Crippen LogP contribution in [-0.2, 0) is 6.18 Å². The van der Waals surface area contributed by atoms with Gasteiger partial charge in [-0.15, -0.1) is 5.10 Å². The third-order valence-corrected chi connectivity index (χ3v) is 2.90. The smallest absolute Gasteiger partial charge is 0.429 e. The Kier molecular flexibility index (Phi) is 3.12. The van der Waals surface area contributed by atoms with Crippen molar-refractivity contribution in [1.82, 2.24) is 10.2 Å². The lowest BCUT2D eigenvalue weighted by molar-refractivity contribution is -0.138. The molecule has 1 aromatic carbocycles. The summed E-state index contributed by atoms with van der Waals surface area (Å²) >= 11 is 0.339. The van der Waals surface area contributed by atoms with Crippen LogP contribution in [0, 0.1) is 6.92 Å². The highest BCUT2D eigenvalue weighted by Crippen LogP contribution is 2.36. The molecule has 2 rings (SSSR count). The highest BCUT2D eigenvalue weighted by atomic mass is 32.1. The molecule has 0 radical (unpaired) electrons. The molecule has 1 aromatic heterocycles. The van der Waals surface area contributed by atoms with Crippen LogP contribution in [0.2, 0.25) is 0 Å². The Bertz CT molecular complexity index is 568. The third-order valence-electron chi connectivity index (χ3n) is 2.06. The number of rotatable bonds is 2. The molecule has 0 spiro atoms. The molecule has 0 saturated heterocycles. The normalized spacial score (nSPS) is 11.6. The first kappa shape index (κ1) is 12.6. The van der Waals surface area contributed by atoms with Crippen LogP contribution in [-0.4, -0.2) is 10.2 Å². The summed E-state index contributed by atoms with van der Waals surface area (Å²) in [5, 5.41) is 5.14. The molecule has 0 unspecified atom stereocenters. The largest absolute Gasteiger partial charge is 0.445 e. The lowest BCUT2D eigenvalue weighted by Gasteiger charge is -2.05. The molecule has 1 heterocycles. The molecule has 96 valence electrons. The standard InChI is InChI=1S/C10H8F3N3OS/c1-5-2-3-6(14)4-7(5)17-9-16-15-8(18-9)10(11,12)13/h2-4H,14H2,1H3. The summed E-state index contributed by atoms with van der Waals surface area (Å²) in [7, 11) is 0. The summed E-state index contributed by atoms with van der Waals surface area (Å²) < 4.78 is 42.2. The van der Waals surface area contributed by atoms with Crippen molar-refractivity contribution in [3.05, 3.63) is 28.8 Å². The third kappa shape index (κ3) is 2.70. The molecule has 0 atom stereocenters. The molecule has 0 saturated carbocycles. The lowest BCUT2D eigenvalue weighted by Crippen LogP contribution is -2.03. The molecule has 4 nitrogen and oxygen atoms in total. The first-order valence-electron chi connectivity index (χ1n) is 4.81. The summed E-state index contributed by atoms with van der Waals surface area (Å²) in [5.41, 5.74) is 6.76. The zero-order valence-corrected chi connectivity index (χ0v) is 9.97. The van der Waals surface area contributed by atoms with Crippen LogP contribution < -0.4 is 10.5 Å². The van der Waals surface area contributed by atoms with Gasteiger partial charge in [-0.05, 0) is 18.6 Å². The lowest BCUT2D eigenvalue weighted by atomic mass is 10.2. The molecule has 0 aliphatic rings. The number of ether oxygens (including phenoxy) is 1. The van der Waals surface area contributed by atoms with Gasteiger partial charge in [-0.2, -0.15) is 13.2 Å². The summed E-state index contributed by atoms with van der Waals surface area (Å²) in [5.74, 6) is 0.361. The molecule has 0 aliphatic carbocycles. The average molecular weight is 275 g/mol. The van der Waals surface area contributed by atoms with Gasteiger partial charge in [-0.1, -0.05) is 22.5 Å². The van der Waals surface area contributed by atoms with Gasteiger partial charge in [-0.3, -0.25) is 0 Å². The number of aromatic nitrogens is 2. The predicted molar refractivity (Wildman–Crippen MR) is 60.6 cm³/mol. The maximum absolute atomic E-state index is 12.3. The van der Waals surface area contributed by atoms with Gasteiger partial charge in [0.25, 0.3) is 5.19 Å². The number of hydrogen-bond donors (Lipinski definition) is 1. The fourth-order valence-corrected chi connectivity index (χ4v) is 1.76. The van der Waals surface area contributed by atoms with Gasteiger partial charge in [0.1, 0.15) is 5.75 Å². The van der Waals surface area contributed by atoms with Crippen molar-refractivity contribution >= 4 is 17.0 Å². The molecular formula is C10H8F3N3OS. The molecule has 18 heavy (non-hydrogen) atoms. The first-order valence-corrected chi connectivity index (χ1v) is 5.62. The first-order chi connectivity index (χ1) is 8.36. The molecule has 0 aliphatic heterocycles. The highest BCUT2D eigenvalue weighted by Gasteiger charge is 2.36. The number of anilines is 1. The fourth-order valence-electron chi connectivity index (χ4n) is 1.19. The van der Waals surface area contributed by atoms with Crippen LogP contribution in [0.3, 0.4) is 0 Å². The van der Waals surface area contributed by atoms with Crippen LogP contribution in [0.1, 0.15) is 10.6 Å². The highest BCUT2D eigenvalue weighted by molar-refractivity contribution is 7.13. The molecule has 8 heteroatoms. The van der Waals surface area contributed by atoms with E-state index in [4.69, 9.17) is 10.5 Å². The second-order valence-electron chi connectivity index (χ2n) is 3.50. The van der Waals surface area contributed by atoms with E-state index >= 15 is 0 Å². The van der Waals surface area contributed by atoms with Crippen molar-refractivity contribution in [2.75, 3.05) is 5.73 Å². The van der Waals surface area contributed by atoms with Gasteiger partial charge in [-0.25, -0.2) is 0 Å². The Hall–Kier alpha value is -1.83. The molecule has 0 fully saturated rings. The van der Waals surface area contributed by atoms with Gasteiger partial charge >= 0.3 is 6.18 Å². The second-order valence-corrected chi connectivity index (χ2v) is 4.44. The van der Waals surface area contributed by atoms with Gasteiger partial charge in [0, 0.05) is 11.8 Å². The summed E-state index contributed by atoms with van der Waals surface area (Å²) in [6, 6.07) is 4.89. The molecule has 0 bridgehead atoms. The number of aryl methyl sites for hydroxylation is 1. The number of halogens is 3. The van der Waals surface area contributed by atoms with Crippen LogP contribution in [0.4, 0.5) is 18.9 Å². The Balaban J connectivity index is 2.24. The number of nitrogen functional groups attached to an aromatic ring is 1. The predicted octanol–water partition coefficient (Wildman–Crippen LogP) is 3.24. The summed E-state index contributed by atoms with van der Waals surface area (Å²) in [6.45, 7) is 1.75. The van der Waals surface area contributed by atoms with Crippen molar-refractivity contribution in [2.24, 2.45) is 0 Å². The van der Waals surface area contributed by atoms with E-state index in [1.165, 1.54) is 6.07 Å². The molecule has 2 aromatic rings. The van der Waals surface area contributed by atoms with E-state index in [1.807, 2.05) is 0 Å². The van der Waals surface area contributed by atoms with Crippen molar-refractivity contribution in [1.29, 1.82) is 0 Å². The van der Waals surface area contributed by atoms with E-state index in [-0.39, 0.29) is 5.19 Å². The monoisotopic (exact) mass is 275 g/mol. The van der Waals surface area contributed by atoms with Crippen LogP contribution >= 0.6 is 11.3 Å². The Morgan fingerprint density at radius 2 is 2.00 bits per heavy atom. The van der Waals surface area contributed by atoms with Crippen LogP contribution in [0.25, 0.3) is 0 Å². The number of alkyl halides is 3. The Morgan fingerprint density at radius 1 is 1.28 bits per heavy atom. The van der Waals surface area contributed by atoms with E-state index in [2.05, 4.69) is 10.2 Å².